The summed E-state index contributed by atoms with van der Waals surface area (Å²) in [5.41, 5.74) is 4.05. The Balaban J connectivity index is 1.88. The Hall–Kier alpha value is -3.21. The third kappa shape index (κ3) is 4.61. The van der Waals surface area contributed by atoms with Gasteiger partial charge in [0.05, 0.1) is 11.6 Å². The van der Waals surface area contributed by atoms with Crippen LogP contribution in [0.2, 0.25) is 0 Å². The molecular weight excluding hydrogens is 514 g/mol. The fraction of sp³-hybridized carbons (Fsp3) is 0.567. The number of benzene rings is 1. The molecule has 0 saturated carbocycles. The molecule has 1 amide bonds. The predicted molar refractivity (Wildman–Crippen MR) is 149 cm³/mol. The molecule has 1 aromatic rings. The van der Waals surface area contributed by atoms with Crippen molar-refractivity contribution in [2.45, 2.75) is 71.6 Å². The van der Waals surface area contributed by atoms with Crippen LogP contribution in [0.15, 0.2) is 28.7 Å². The average Bonchev–Trinajstić information content (AvgIpc) is 2.83. The molecule has 10 heteroatoms. The van der Waals surface area contributed by atoms with Crippen LogP contribution in [0.1, 0.15) is 67.6 Å². The van der Waals surface area contributed by atoms with Gasteiger partial charge in [-0.25, -0.2) is 0 Å². The van der Waals surface area contributed by atoms with Crippen LogP contribution < -0.4 is 11.1 Å². The highest BCUT2D eigenvalue weighted by atomic mass is 16.3. The van der Waals surface area contributed by atoms with Gasteiger partial charge in [0.25, 0.3) is 5.91 Å². The molecule has 0 saturated heterocycles. The zero-order chi connectivity index (χ0) is 29.9. The van der Waals surface area contributed by atoms with Gasteiger partial charge >= 0.3 is 0 Å². The molecule has 218 valence electrons. The molecule has 1 aromatic carbocycles. The van der Waals surface area contributed by atoms with Crippen LogP contribution in [0.25, 0.3) is 0 Å². The van der Waals surface area contributed by atoms with Crippen molar-refractivity contribution < 1.29 is 34.8 Å². The number of aliphatic hydroxyl groups excluding tert-OH is 2. The number of fused-ring (bicyclic) bond motifs is 3. The third-order valence-corrected chi connectivity index (χ3v) is 8.38. The van der Waals surface area contributed by atoms with Crippen LogP contribution in [0.5, 0.6) is 5.75 Å². The van der Waals surface area contributed by atoms with Crippen LogP contribution in [0.3, 0.4) is 0 Å². The molecule has 0 heterocycles. The molecule has 0 fully saturated rings. The number of nitrogens with one attached hydrogen (secondary N) is 1. The lowest BCUT2D eigenvalue weighted by Gasteiger charge is -2.50. The first-order valence-corrected chi connectivity index (χ1v) is 13.8. The number of phenolic OH excluding ortho intramolecular Hbond substituents is 1. The summed E-state index contributed by atoms with van der Waals surface area (Å²) in [5, 5.41) is 48.8. The maximum Gasteiger partial charge on any atom is 0.255 e. The highest BCUT2D eigenvalue weighted by Gasteiger charge is 2.63. The molecule has 0 spiro atoms. The number of primary amides is 1. The molecule has 40 heavy (non-hydrogen) atoms. The number of likely N-dealkylation sites (N-methyl/N-ethyl adjacent to an activating group) is 1. The van der Waals surface area contributed by atoms with Crippen LogP contribution in [0, 0.1) is 17.3 Å². The summed E-state index contributed by atoms with van der Waals surface area (Å²) in [7, 11) is 3.22. The Morgan fingerprint density at radius 2 is 1.82 bits per heavy atom. The van der Waals surface area contributed by atoms with E-state index in [0.717, 1.165) is 12.0 Å². The van der Waals surface area contributed by atoms with E-state index >= 15 is 0 Å². The highest BCUT2D eigenvalue weighted by Crippen LogP contribution is 2.52. The Morgan fingerprint density at radius 1 is 1.18 bits per heavy atom. The fourth-order valence-corrected chi connectivity index (χ4v) is 6.66. The first kappa shape index (κ1) is 29.8. The monoisotopic (exact) mass is 555 g/mol. The van der Waals surface area contributed by atoms with Gasteiger partial charge in [-0.2, -0.15) is 0 Å². The van der Waals surface area contributed by atoms with E-state index in [-0.39, 0.29) is 28.7 Å². The normalized spacial score (nSPS) is 26.6. The number of nitrogens with two attached hydrogens (primary N) is 1. The number of aryl methyl sites for hydroxylation is 1. The summed E-state index contributed by atoms with van der Waals surface area (Å²) in [4.78, 5) is 41.2. The van der Waals surface area contributed by atoms with Crippen LogP contribution in [0.4, 0.5) is 0 Å². The van der Waals surface area contributed by atoms with Gasteiger partial charge in [0, 0.05) is 30.1 Å². The van der Waals surface area contributed by atoms with Gasteiger partial charge < -0.3 is 31.5 Å². The summed E-state index contributed by atoms with van der Waals surface area (Å²) in [6, 6.07) is 0.916. The molecule has 0 bridgehead atoms. The lowest BCUT2D eigenvalue weighted by atomic mass is 9.58. The molecule has 10 nitrogen and oxygen atoms in total. The molecule has 0 radical (unpaired) electrons. The van der Waals surface area contributed by atoms with E-state index in [4.69, 9.17) is 5.73 Å². The summed E-state index contributed by atoms with van der Waals surface area (Å²) in [6.07, 6.45) is 1.87. The smallest absolute Gasteiger partial charge is 0.255 e. The summed E-state index contributed by atoms with van der Waals surface area (Å²) in [6.45, 7) is 9.29. The molecule has 0 aliphatic heterocycles. The summed E-state index contributed by atoms with van der Waals surface area (Å²) < 4.78 is 0. The number of allylic oxidation sites excluding steroid dienone is 1. The number of ketones is 2. The largest absolute Gasteiger partial charge is 0.510 e. The Labute approximate surface area is 234 Å². The van der Waals surface area contributed by atoms with Crippen molar-refractivity contribution in [2.75, 3.05) is 20.6 Å². The minimum absolute atomic E-state index is 0.00734. The summed E-state index contributed by atoms with van der Waals surface area (Å²) >= 11 is 0. The third-order valence-electron chi connectivity index (χ3n) is 8.38. The van der Waals surface area contributed by atoms with Gasteiger partial charge in [-0.15, -0.1) is 0 Å². The van der Waals surface area contributed by atoms with Gasteiger partial charge in [0.1, 0.15) is 22.8 Å². The number of nitrogens with zero attached hydrogens (tertiary/aromatic N) is 1. The first-order valence-electron chi connectivity index (χ1n) is 13.8. The number of aliphatic hydroxyl groups is 3. The van der Waals surface area contributed by atoms with E-state index in [9.17, 15) is 34.8 Å². The van der Waals surface area contributed by atoms with Crippen molar-refractivity contribution in [3.8, 4) is 5.75 Å². The van der Waals surface area contributed by atoms with E-state index in [1.807, 2.05) is 13.0 Å². The standard InChI is InChI=1S/C30H41N3O7/c1-7-8-14-9-16(12-32-13-29(2,3)4)23(34)20-17(14)10-15-11-18-22(33(5)6)25(36)21(28(31)39)27(38)30(18,40)26(37)19(15)24(20)35/h9,15,18,22,32,34,36-37,40H,7-8,10-13H2,1-6H3,(H2,31,39)/t15-,18-,22-,30-/m0/s1. The molecular formula is C30H41N3O7. The average molecular weight is 556 g/mol. The Kier molecular flexibility index (Phi) is 7.68. The number of hydrogen-bond acceptors (Lipinski definition) is 9. The highest BCUT2D eigenvalue weighted by molar-refractivity contribution is 6.24. The minimum Gasteiger partial charge on any atom is -0.510 e. The van der Waals surface area contributed by atoms with E-state index in [1.165, 1.54) is 0 Å². The molecule has 7 N–H and O–H groups in total. The maximum atomic E-state index is 14.1. The number of carbonyl (C=O) groups is 3. The number of rotatable bonds is 7. The predicted octanol–water partition coefficient (Wildman–Crippen LogP) is 2.21. The van der Waals surface area contributed by atoms with Crippen molar-refractivity contribution in [1.82, 2.24) is 10.2 Å². The second-order valence-corrected chi connectivity index (χ2v) is 12.8. The second kappa shape index (κ2) is 10.3. The van der Waals surface area contributed by atoms with Crippen LogP contribution in [-0.2, 0) is 29.0 Å². The molecule has 3 aliphatic carbocycles. The number of amides is 1. The van der Waals surface area contributed by atoms with E-state index < -0.39 is 58.0 Å². The maximum absolute atomic E-state index is 14.1. The van der Waals surface area contributed by atoms with E-state index in [2.05, 4.69) is 26.1 Å². The van der Waals surface area contributed by atoms with Crippen molar-refractivity contribution in [3.05, 3.63) is 51.0 Å². The molecule has 4 rings (SSSR count). The Morgan fingerprint density at radius 3 is 2.38 bits per heavy atom. The molecule has 4 atom stereocenters. The zero-order valence-electron chi connectivity index (χ0n) is 24.1. The van der Waals surface area contributed by atoms with Gasteiger partial charge in [-0.1, -0.05) is 40.2 Å². The van der Waals surface area contributed by atoms with E-state index in [1.54, 1.807) is 19.0 Å². The quantitative estimate of drug-likeness (QED) is 0.276. The topological polar surface area (TPSA) is 173 Å². The van der Waals surface area contributed by atoms with Crippen molar-refractivity contribution in [1.29, 1.82) is 0 Å². The second-order valence-electron chi connectivity index (χ2n) is 12.8. The van der Waals surface area contributed by atoms with Crippen LogP contribution >= 0.6 is 0 Å². The number of aromatic hydroxyl groups is 1. The van der Waals surface area contributed by atoms with Crippen molar-refractivity contribution in [2.24, 2.45) is 23.0 Å². The van der Waals surface area contributed by atoms with Gasteiger partial charge in [-0.3, -0.25) is 19.3 Å². The van der Waals surface area contributed by atoms with Gasteiger partial charge in [0.15, 0.2) is 11.4 Å². The molecule has 3 aliphatic rings. The first-order chi connectivity index (χ1) is 18.6. The minimum atomic E-state index is -2.64. The fourth-order valence-electron chi connectivity index (χ4n) is 6.66. The van der Waals surface area contributed by atoms with E-state index in [0.29, 0.717) is 37.1 Å². The van der Waals surface area contributed by atoms with Crippen molar-refractivity contribution in [3.63, 3.8) is 0 Å². The number of Topliss-reactive ketones (excluding diaryl/α,β-unsaturated/α-hetero) is 2. The zero-order valence-corrected chi connectivity index (χ0v) is 24.1. The summed E-state index contributed by atoms with van der Waals surface area (Å²) in [5.74, 6) is -6.36. The lowest BCUT2D eigenvalue weighted by molar-refractivity contribution is -0.148. The lowest BCUT2D eigenvalue weighted by Crippen LogP contribution is -2.63. The van der Waals surface area contributed by atoms with Crippen molar-refractivity contribution >= 4 is 17.5 Å². The molecule has 0 unspecified atom stereocenters. The van der Waals surface area contributed by atoms with Crippen LogP contribution in [-0.4, -0.2) is 75.1 Å². The number of carbonyl (C=O) groups excluding carboxylic acids is 3. The molecule has 0 aromatic heterocycles. The SMILES string of the molecule is CCCc1cc(CNCC(C)(C)C)c(O)c2c1C[C@H]1C[C@H]3[C@H](N(C)C)C(O)=C(C(N)=O)C(=O)[C@@]3(O)C(O)=C1C2=O. The Bertz CT molecular complexity index is 1340. The van der Waals surface area contributed by atoms with Gasteiger partial charge in [0.2, 0.25) is 5.78 Å². The van der Waals surface area contributed by atoms with Gasteiger partial charge in [-0.05, 0) is 55.8 Å². The number of phenols is 1. The number of hydrogen-bond donors (Lipinski definition) is 6.